The van der Waals surface area contributed by atoms with Crippen LogP contribution >= 0.6 is 0 Å². The van der Waals surface area contributed by atoms with Gasteiger partial charge in [-0.15, -0.1) is 0 Å². The summed E-state index contributed by atoms with van der Waals surface area (Å²) >= 11 is 0. The maximum absolute atomic E-state index is 4.04. The van der Waals surface area contributed by atoms with E-state index in [-0.39, 0.29) is 0 Å². The van der Waals surface area contributed by atoms with Crippen LogP contribution in [0.15, 0.2) is 16.8 Å². The third-order valence-corrected chi connectivity index (χ3v) is 0.948. The minimum absolute atomic E-state index is 1.18. The molecule has 0 unspecified atom stereocenters. The Balaban J connectivity index is 3.71. The lowest BCUT2D eigenvalue weighted by Crippen LogP contribution is -2.01. The Hall–Kier alpha value is -0.790. The SMILES string of the molecule is CC=C(C)C=NN(C)C. The summed E-state index contributed by atoms with van der Waals surface area (Å²) in [5, 5.41) is 5.81. The average Bonchev–Trinajstić information content (AvgIpc) is 1.83. The number of rotatable bonds is 2. The third kappa shape index (κ3) is 5.07. The zero-order chi connectivity index (χ0) is 7.28. The van der Waals surface area contributed by atoms with Gasteiger partial charge in [-0.2, -0.15) is 5.10 Å². The first kappa shape index (κ1) is 8.21. The molecule has 0 N–H and O–H groups in total. The molecule has 0 aromatic carbocycles. The molecule has 9 heavy (non-hydrogen) atoms. The van der Waals surface area contributed by atoms with Gasteiger partial charge in [-0.1, -0.05) is 6.08 Å². The lowest BCUT2D eigenvalue weighted by molar-refractivity contribution is 0.440. The van der Waals surface area contributed by atoms with Crippen LogP contribution < -0.4 is 0 Å². The molecule has 0 aliphatic heterocycles. The molecule has 0 radical (unpaired) electrons. The first-order valence-electron chi connectivity index (χ1n) is 3.01. The fraction of sp³-hybridized carbons (Fsp3) is 0.571. The summed E-state index contributed by atoms with van der Waals surface area (Å²) in [4.78, 5) is 0. The van der Waals surface area contributed by atoms with Crippen LogP contribution in [-0.4, -0.2) is 25.3 Å². The van der Waals surface area contributed by atoms with Crippen LogP contribution in [0.4, 0.5) is 0 Å². The predicted molar refractivity (Wildman–Crippen MR) is 41.6 cm³/mol. The Bertz CT molecular complexity index is 123. The first-order chi connectivity index (χ1) is 4.16. The van der Waals surface area contributed by atoms with E-state index in [0.29, 0.717) is 0 Å². The van der Waals surface area contributed by atoms with E-state index >= 15 is 0 Å². The summed E-state index contributed by atoms with van der Waals surface area (Å²) in [5.41, 5.74) is 1.18. The lowest BCUT2D eigenvalue weighted by atomic mass is 10.3. The van der Waals surface area contributed by atoms with Gasteiger partial charge in [-0.3, -0.25) is 0 Å². The summed E-state index contributed by atoms with van der Waals surface area (Å²) in [7, 11) is 3.80. The molecule has 0 aromatic heterocycles. The van der Waals surface area contributed by atoms with Gasteiger partial charge in [0, 0.05) is 20.3 Å². The van der Waals surface area contributed by atoms with Crippen LogP contribution in [0.2, 0.25) is 0 Å². The quantitative estimate of drug-likeness (QED) is 0.404. The summed E-state index contributed by atoms with van der Waals surface area (Å²) in [6.07, 6.45) is 3.85. The van der Waals surface area contributed by atoms with Gasteiger partial charge in [0.2, 0.25) is 0 Å². The summed E-state index contributed by atoms with van der Waals surface area (Å²) < 4.78 is 0. The fourth-order valence-electron chi connectivity index (χ4n) is 0.281. The van der Waals surface area contributed by atoms with Gasteiger partial charge in [0.05, 0.1) is 0 Å². The van der Waals surface area contributed by atoms with E-state index in [1.165, 1.54) is 5.57 Å². The van der Waals surface area contributed by atoms with Gasteiger partial charge in [0.25, 0.3) is 0 Å². The summed E-state index contributed by atoms with van der Waals surface area (Å²) in [5.74, 6) is 0. The minimum atomic E-state index is 1.18. The minimum Gasteiger partial charge on any atom is -0.303 e. The lowest BCUT2D eigenvalue weighted by Gasteiger charge is -2.01. The van der Waals surface area contributed by atoms with Crippen LogP contribution in [-0.2, 0) is 0 Å². The molecule has 0 rings (SSSR count). The van der Waals surface area contributed by atoms with Crippen molar-refractivity contribution >= 4 is 6.21 Å². The molecule has 0 atom stereocenters. The van der Waals surface area contributed by atoms with Crippen LogP contribution in [0.5, 0.6) is 0 Å². The Labute approximate surface area is 56.9 Å². The zero-order valence-electron chi connectivity index (χ0n) is 6.55. The molecule has 0 bridgehead atoms. The van der Waals surface area contributed by atoms with E-state index < -0.39 is 0 Å². The molecular formula is C7H14N2. The smallest absolute Gasteiger partial charge is 0.0496 e. The van der Waals surface area contributed by atoms with Crippen LogP contribution in [0.25, 0.3) is 0 Å². The summed E-state index contributed by atoms with van der Waals surface area (Å²) in [6, 6.07) is 0. The molecule has 0 fully saturated rings. The number of allylic oxidation sites excluding steroid dienone is 2. The van der Waals surface area contributed by atoms with Crippen LogP contribution in [0.1, 0.15) is 13.8 Å². The molecule has 0 aliphatic rings. The standard InChI is InChI=1S/C7H14N2/c1-5-7(2)6-8-9(3)4/h5-6H,1-4H3. The number of hydrogen-bond acceptors (Lipinski definition) is 2. The molecule has 0 aliphatic carbocycles. The molecule has 0 amide bonds. The van der Waals surface area contributed by atoms with Gasteiger partial charge in [0.15, 0.2) is 0 Å². The Morgan fingerprint density at radius 3 is 2.33 bits per heavy atom. The number of nitrogens with zero attached hydrogens (tertiary/aromatic N) is 2. The number of hydrogen-bond donors (Lipinski definition) is 0. The van der Waals surface area contributed by atoms with Crippen molar-refractivity contribution in [2.24, 2.45) is 5.10 Å². The molecule has 0 heterocycles. The molecule has 0 saturated carbocycles. The topological polar surface area (TPSA) is 15.6 Å². The van der Waals surface area contributed by atoms with E-state index in [0.717, 1.165) is 0 Å². The van der Waals surface area contributed by atoms with Gasteiger partial charge in [-0.25, -0.2) is 0 Å². The Morgan fingerprint density at radius 1 is 1.44 bits per heavy atom. The van der Waals surface area contributed by atoms with Crippen molar-refractivity contribution in [1.29, 1.82) is 0 Å². The first-order valence-corrected chi connectivity index (χ1v) is 3.01. The highest BCUT2D eigenvalue weighted by molar-refractivity contribution is 5.77. The number of hydrazone groups is 1. The predicted octanol–water partition coefficient (Wildman–Crippen LogP) is 1.50. The van der Waals surface area contributed by atoms with Crippen molar-refractivity contribution in [2.75, 3.05) is 14.1 Å². The van der Waals surface area contributed by atoms with E-state index in [2.05, 4.69) is 5.10 Å². The Kier molecular flexibility index (Phi) is 3.76. The van der Waals surface area contributed by atoms with Crippen molar-refractivity contribution in [1.82, 2.24) is 5.01 Å². The van der Waals surface area contributed by atoms with Gasteiger partial charge in [0.1, 0.15) is 0 Å². The molecule has 0 aromatic rings. The van der Waals surface area contributed by atoms with Gasteiger partial charge < -0.3 is 5.01 Å². The van der Waals surface area contributed by atoms with Crippen LogP contribution in [0.3, 0.4) is 0 Å². The molecule has 0 spiro atoms. The second-order valence-corrected chi connectivity index (χ2v) is 2.12. The molecule has 2 nitrogen and oxygen atoms in total. The maximum Gasteiger partial charge on any atom is 0.0496 e. The van der Waals surface area contributed by atoms with Gasteiger partial charge >= 0.3 is 0 Å². The highest BCUT2D eigenvalue weighted by Crippen LogP contribution is 1.85. The molecular weight excluding hydrogens is 112 g/mol. The van der Waals surface area contributed by atoms with Crippen molar-refractivity contribution in [3.8, 4) is 0 Å². The van der Waals surface area contributed by atoms with E-state index in [1.54, 1.807) is 5.01 Å². The van der Waals surface area contributed by atoms with Crippen LogP contribution in [0, 0.1) is 0 Å². The van der Waals surface area contributed by atoms with Gasteiger partial charge in [-0.05, 0) is 19.4 Å². The van der Waals surface area contributed by atoms with E-state index in [4.69, 9.17) is 0 Å². The summed E-state index contributed by atoms with van der Waals surface area (Å²) in [6.45, 7) is 4.02. The van der Waals surface area contributed by atoms with Crippen molar-refractivity contribution in [3.63, 3.8) is 0 Å². The van der Waals surface area contributed by atoms with Crippen molar-refractivity contribution in [2.45, 2.75) is 13.8 Å². The normalized spacial score (nSPS) is 12.7. The van der Waals surface area contributed by atoms with Crippen molar-refractivity contribution in [3.05, 3.63) is 11.6 Å². The Morgan fingerprint density at radius 2 is 2.00 bits per heavy atom. The monoisotopic (exact) mass is 126 g/mol. The largest absolute Gasteiger partial charge is 0.303 e. The second-order valence-electron chi connectivity index (χ2n) is 2.12. The van der Waals surface area contributed by atoms with E-state index in [9.17, 15) is 0 Å². The zero-order valence-corrected chi connectivity index (χ0v) is 6.55. The molecule has 0 saturated heterocycles. The average molecular weight is 126 g/mol. The third-order valence-electron chi connectivity index (χ3n) is 0.948. The highest BCUT2D eigenvalue weighted by Gasteiger charge is 1.78. The second kappa shape index (κ2) is 4.13. The van der Waals surface area contributed by atoms with E-state index in [1.807, 2.05) is 40.2 Å². The molecule has 2 heteroatoms. The van der Waals surface area contributed by atoms with Crippen molar-refractivity contribution < 1.29 is 0 Å². The maximum atomic E-state index is 4.04. The highest BCUT2D eigenvalue weighted by atomic mass is 15.4. The fourth-order valence-corrected chi connectivity index (χ4v) is 0.281. The molecule has 52 valence electrons.